The molecule has 1 aliphatic heterocycles. The molecule has 1 aromatic carbocycles. The smallest absolute Gasteiger partial charge is 0.410 e. The van der Waals surface area contributed by atoms with Gasteiger partial charge in [-0.25, -0.2) is 4.79 Å². The number of esters is 1. The van der Waals surface area contributed by atoms with Gasteiger partial charge in [0.1, 0.15) is 6.61 Å². The molecule has 1 aliphatic rings. The van der Waals surface area contributed by atoms with Crippen molar-refractivity contribution in [2.24, 2.45) is 11.8 Å². The first kappa shape index (κ1) is 16.8. The van der Waals surface area contributed by atoms with E-state index in [1.807, 2.05) is 30.3 Å². The number of carboxylic acids is 1. The summed E-state index contributed by atoms with van der Waals surface area (Å²) in [6.45, 7) is 1.84. The first-order valence-corrected chi connectivity index (χ1v) is 7.38. The van der Waals surface area contributed by atoms with Crippen molar-refractivity contribution in [3.05, 3.63) is 35.9 Å². The van der Waals surface area contributed by atoms with E-state index in [4.69, 9.17) is 9.47 Å². The predicted octanol–water partition coefficient (Wildman–Crippen LogP) is 1.52. The Labute approximate surface area is 133 Å². The number of carbonyl (C=O) groups excluding carboxylic acids is 2. The second-order valence-corrected chi connectivity index (χ2v) is 5.25. The second kappa shape index (κ2) is 7.62. The number of aliphatic carboxylic acids is 1. The van der Waals surface area contributed by atoms with E-state index in [0.717, 1.165) is 5.56 Å². The maximum absolute atomic E-state index is 12.1. The molecular formula is C16H19NO6. The highest BCUT2D eigenvalue weighted by atomic mass is 16.6. The van der Waals surface area contributed by atoms with Crippen LogP contribution < -0.4 is 0 Å². The Balaban J connectivity index is 1.96. The molecule has 124 valence electrons. The van der Waals surface area contributed by atoms with Gasteiger partial charge in [-0.1, -0.05) is 30.3 Å². The van der Waals surface area contributed by atoms with Crippen LogP contribution in [0.15, 0.2) is 30.3 Å². The van der Waals surface area contributed by atoms with Crippen molar-refractivity contribution in [1.29, 1.82) is 0 Å². The molecule has 0 spiro atoms. The van der Waals surface area contributed by atoms with Crippen LogP contribution in [0.25, 0.3) is 0 Å². The lowest BCUT2D eigenvalue weighted by atomic mass is 9.96. The molecule has 0 aliphatic carbocycles. The third-order valence-electron chi connectivity index (χ3n) is 3.69. The number of benzene rings is 1. The summed E-state index contributed by atoms with van der Waals surface area (Å²) in [7, 11) is 0. The fourth-order valence-electron chi connectivity index (χ4n) is 2.50. The second-order valence-electron chi connectivity index (χ2n) is 5.25. The van der Waals surface area contributed by atoms with Crippen molar-refractivity contribution < 1.29 is 29.0 Å². The molecule has 2 rings (SSSR count). The zero-order chi connectivity index (χ0) is 16.8. The molecule has 2 atom stereocenters. The topological polar surface area (TPSA) is 93.1 Å². The number of amides is 1. The summed E-state index contributed by atoms with van der Waals surface area (Å²) < 4.78 is 10.1. The zero-order valence-corrected chi connectivity index (χ0v) is 12.8. The summed E-state index contributed by atoms with van der Waals surface area (Å²) in [5, 5.41) is 9.22. The molecule has 1 amide bonds. The monoisotopic (exact) mass is 321 g/mol. The van der Waals surface area contributed by atoms with Crippen LogP contribution in [-0.2, 0) is 25.7 Å². The molecule has 0 aromatic heterocycles. The summed E-state index contributed by atoms with van der Waals surface area (Å²) in [6, 6.07) is 9.15. The molecule has 7 heteroatoms. The summed E-state index contributed by atoms with van der Waals surface area (Å²) >= 11 is 0. The third kappa shape index (κ3) is 4.21. The molecule has 0 saturated carbocycles. The lowest BCUT2D eigenvalue weighted by molar-refractivity contribution is -0.155. The average Bonchev–Trinajstić information content (AvgIpc) is 2.99. The molecule has 1 N–H and O–H groups in total. The molecule has 7 nitrogen and oxygen atoms in total. The fourth-order valence-corrected chi connectivity index (χ4v) is 2.50. The Morgan fingerprint density at radius 3 is 2.39 bits per heavy atom. The van der Waals surface area contributed by atoms with Crippen LogP contribution in [0.4, 0.5) is 4.79 Å². The average molecular weight is 321 g/mol. The van der Waals surface area contributed by atoms with Crippen LogP contribution in [0, 0.1) is 11.8 Å². The van der Waals surface area contributed by atoms with Crippen molar-refractivity contribution in [1.82, 2.24) is 4.90 Å². The molecular weight excluding hydrogens is 302 g/mol. The van der Waals surface area contributed by atoms with Gasteiger partial charge in [-0.15, -0.1) is 0 Å². The molecule has 23 heavy (non-hydrogen) atoms. The van der Waals surface area contributed by atoms with E-state index in [-0.39, 0.29) is 26.3 Å². The van der Waals surface area contributed by atoms with Crippen molar-refractivity contribution in [2.75, 3.05) is 19.7 Å². The van der Waals surface area contributed by atoms with Gasteiger partial charge in [-0.05, 0) is 12.5 Å². The van der Waals surface area contributed by atoms with E-state index >= 15 is 0 Å². The maximum Gasteiger partial charge on any atom is 0.410 e. The van der Waals surface area contributed by atoms with Crippen LogP contribution in [0.1, 0.15) is 12.5 Å². The Hall–Kier alpha value is -2.57. The summed E-state index contributed by atoms with van der Waals surface area (Å²) in [5.74, 6) is -3.56. The van der Waals surface area contributed by atoms with Crippen molar-refractivity contribution in [3.8, 4) is 0 Å². The van der Waals surface area contributed by atoms with Crippen molar-refractivity contribution >= 4 is 18.0 Å². The summed E-state index contributed by atoms with van der Waals surface area (Å²) in [4.78, 5) is 36.4. The van der Waals surface area contributed by atoms with Gasteiger partial charge in [0.2, 0.25) is 0 Å². The molecule has 0 radical (unpaired) electrons. The quantitative estimate of drug-likeness (QED) is 0.827. The lowest BCUT2D eigenvalue weighted by Gasteiger charge is -2.15. The molecule has 1 heterocycles. The minimum Gasteiger partial charge on any atom is -0.481 e. The van der Waals surface area contributed by atoms with Crippen LogP contribution in [-0.4, -0.2) is 47.7 Å². The van der Waals surface area contributed by atoms with E-state index in [9.17, 15) is 19.5 Å². The SMILES string of the molecule is CCOC(=O)[C@@H]1CN(C(=O)OCc2ccccc2)C[C@@H]1C(=O)O. The number of hydrogen-bond acceptors (Lipinski definition) is 5. The lowest BCUT2D eigenvalue weighted by Crippen LogP contribution is -2.30. The number of carbonyl (C=O) groups is 3. The highest BCUT2D eigenvalue weighted by Gasteiger charge is 2.45. The van der Waals surface area contributed by atoms with Gasteiger partial charge in [0.25, 0.3) is 0 Å². The first-order valence-electron chi connectivity index (χ1n) is 7.38. The Kier molecular flexibility index (Phi) is 5.56. The largest absolute Gasteiger partial charge is 0.481 e. The molecule has 1 fully saturated rings. The Bertz CT molecular complexity index is 573. The Morgan fingerprint density at radius 2 is 1.78 bits per heavy atom. The van der Waals surface area contributed by atoms with E-state index in [0.29, 0.717) is 0 Å². The van der Waals surface area contributed by atoms with Crippen LogP contribution in [0.3, 0.4) is 0 Å². The molecule has 0 bridgehead atoms. The van der Waals surface area contributed by atoms with Gasteiger partial charge in [0, 0.05) is 13.1 Å². The van der Waals surface area contributed by atoms with Gasteiger partial charge < -0.3 is 19.5 Å². The minimum atomic E-state index is -1.12. The van der Waals surface area contributed by atoms with Gasteiger partial charge in [0.05, 0.1) is 18.4 Å². The van der Waals surface area contributed by atoms with E-state index in [2.05, 4.69) is 0 Å². The van der Waals surface area contributed by atoms with Gasteiger partial charge >= 0.3 is 18.0 Å². The van der Waals surface area contributed by atoms with Crippen LogP contribution >= 0.6 is 0 Å². The van der Waals surface area contributed by atoms with Gasteiger partial charge in [-0.2, -0.15) is 0 Å². The van der Waals surface area contributed by atoms with Gasteiger partial charge in [0.15, 0.2) is 0 Å². The predicted molar refractivity (Wildman–Crippen MR) is 79.4 cm³/mol. The number of likely N-dealkylation sites (tertiary alicyclic amines) is 1. The maximum atomic E-state index is 12.1. The first-order chi connectivity index (χ1) is 11.0. The number of ether oxygens (including phenoxy) is 2. The molecule has 1 aromatic rings. The minimum absolute atomic E-state index is 0.0105. The number of hydrogen-bond donors (Lipinski definition) is 1. The van der Waals surface area contributed by atoms with E-state index < -0.39 is 29.9 Å². The number of rotatable bonds is 5. The zero-order valence-electron chi connectivity index (χ0n) is 12.8. The van der Waals surface area contributed by atoms with Crippen molar-refractivity contribution in [2.45, 2.75) is 13.5 Å². The number of carboxylic acid groups (broad SMARTS) is 1. The Morgan fingerprint density at radius 1 is 1.13 bits per heavy atom. The van der Waals surface area contributed by atoms with Gasteiger partial charge in [-0.3, -0.25) is 9.59 Å². The molecule has 1 saturated heterocycles. The normalized spacial score (nSPS) is 20.1. The van der Waals surface area contributed by atoms with Crippen molar-refractivity contribution in [3.63, 3.8) is 0 Å². The standard InChI is InChI=1S/C16H19NO6/c1-2-22-15(20)13-9-17(8-12(13)14(18)19)16(21)23-10-11-6-4-3-5-7-11/h3-7,12-13H,2,8-10H2,1H3,(H,18,19)/t12-,13+/m0/s1. The van der Waals surface area contributed by atoms with Crippen LogP contribution in [0.5, 0.6) is 0 Å². The fraction of sp³-hybridized carbons (Fsp3) is 0.438. The van der Waals surface area contributed by atoms with E-state index in [1.165, 1.54) is 4.90 Å². The highest BCUT2D eigenvalue weighted by molar-refractivity contribution is 5.84. The highest BCUT2D eigenvalue weighted by Crippen LogP contribution is 2.26. The third-order valence-corrected chi connectivity index (χ3v) is 3.69. The van der Waals surface area contributed by atoms with Crippen LogP contribution in [0.2, 0.25) is 0 Å². The molecule has 0 unspecified atom stereocenters. The van der Waals surface area contributed by atoms with E-state index in [1.54, 1.807) is 6.92 Å². The number of nitrogens with zero attached hydrogens (tertiary/aromatic N) is 1. The summed E-state index contributed by atoms with van der Waals surface area (Å²) in [6.07, 6.45) is -0.632. The summed E-state index contributed by atoms with van der Waals surface area (Å²) in [5.41, 5.74) is 0.830.